The monoisotopic (exact) mass is 667 g/mol. The first kappa shape index (κ1) is 33.3. The molecule has 5 rings (SSSR count). The topological polar surface area (TPSA) is 245 Å². The predicted molar refractivity (Wildman–Crippen MR) is 161 cm³/mol. The van der Waals surface area contributed by atoms with Crippen LogP contribution < -0.4 is 16.0 Å². The molecular formula is C28H21N5O11S2. The summed E-state index contributed by atoms with van der Waals surface area (Å²) >= 11 is 1.61. The van der Waals surface area contributed by atoms with Crippen LogP contribution in [0.3, 0.4) is 0 Å². The Labute approximate surface area is 266 Å². The number of hydrogen-bond acceptors (Lipinski definition) is 14. The average molecular weight is 668 g/mol. The number of benzene rings is 1. The fraction of sp³-hybridized carbons (Fsp3) is 0.143. The Bertz CT molecular complexity index is 1860. The molecule has 236 valence electrons. The lowest BCUT2D eigenvalue weighted by Gasteiger charge is -2.11. The van der Waals surface area contributed by atoms with Gasteiger partial charge >= 0.3 is 5.97 Å². The molecule has 0 atom stereocenters. The Kier molecular flexibility index (Phi) is 10.4. The second-order valence-electron chi connectivity index (χ2n) is 8.92. The highest BCUT2D eigenvalue weighted by Gasteiger charge is 2.37. The maximum absolute atomic E-state index is 12.6. The van der Waals surface area contributed by atoms with Crippen molar-refractivity contribution in [3.05, 3.63) is 86.3 Å². The molecule has 0 saturated heterocycles. The number of rotatable bonds is 9. The van der Waals surface area contributed by atoms with Crippen molar-refractivity contribution in [2.75, 3.05) is 30.9 Å². The van der Waals surface area contributed by atoms with E-state index in [9.17, 15) is 38.4 Å². The number of hydrogen-bond donors (Lipinski definition) is 4. The van der Waals surface area contributed by atoms with E-state index in [2.05, 4.69) is 26.3 Å². The smallest absolute Gasteiger partial charge is 0.313 e. The molecule has 2 aliphatic carbocycles. The van der Waals surface area contributed by atoms with Crippen LogP contribution in [-0.4, -0.2) is 87.8 Å². The van der Waals surface area contributed by atoms with Gasteiger partial charge in [0.05, 0.1) is 21.3 Å². The Morgan fingerprint density at radius 1 is 0.739 bits per heavy atom. The number of thioether (sulfide) groups is 2. The Morgan fingerprint density at radius 3 is 1.63 bits per heavy atom. The molecule has 3 amide bonds. The van der Waals surface area contributed by atoms with E-state index in [1.165, 1.54) is 14.1 Å². The van der Waals surface area contributed by atoms with Gasteiger partial charge in [0.1, 0.15) is 11.1 Å². The number of carbonyl (C=O) groups is 8. The van der Waals surface area contributed by atoms with E-state index in [4.69, 9.17) is 14.2 Å². The maximum Gasteiger partial charge on any atom is 0.313 e. The zero-order valence-corrected chi connectivity index (χ0v) is 25.3. The lowest BCUT2D eigenvalue weighted by atomic mass is 10.00. The van der Waals surface area contributed by atoms with Crippen LogP contribution in [-0.2, 0) is 9.59 Å². The zero-order chi connectivity index (χ0) is 33.5. The summed E-state index contributed by atoms with van der Waals surface area (Å²) in [6, 6.07) is 8.85. The number of nitrogens with one attached hydrogen (secondary N) is 3. The molecule has 0 bridgehead atoms. The van der Waals surface area contributed by atoms with Crippen molar-refractivity contribution in [2.45, 2.75) is 0 Å². The lowest BCUT2D eigenvalue weighted by Crippen LogP contribution is -2.24. The summed E-state index contributed by atoms with van der Waals surface area (Å²) in [5, 5.41) is 22.8. The minimum atomic E-state index is -1.13. The molecule has 0 aliphatic heterocycles. The second kappa shape index (κ2) is 14.4. The number of nitrogens with zero attached hydrogens (tertiary/aromatic N) is 2. The minimum Gasteiger partial charge on any atom is -0.481 e. The number of amides is 3. The number of para-hydroxylation sites is 1. The molecule has 3 aromatic rings. The van der Waals surface area contributed by atoms with Crippen molar-refractivity contribution in [2.24, 2.45) is 0 Å². The van der Waals surface area contributed by atoms with E-state index in [1.54, 1.807) is 24.3 Å². The third-order valence-electron chi connectivity index (χ3n) is 5.91. The number of ketones is 4. The van der Waals surface area contributed by atoms with Crippen molar-refractivity contribution in [1.29, 1.82) is 0 Å². The number of carboxylic acid groups (broad SMARTS) is 1. The lowest BCUT2D eigenvalue weighted by molar-refractivity contribution is -0.133. The molecule has 0 fully saturated rings. The van der Waals surface area contributed by atoms with Crippen LogP contribution in [0.2, 0.25) is 0 Å². The quantitative estimate of drug-likeness (QED) is 0.254. The summed E-state index contributed by atoms with van der Waals surface area (Å²) in [6.07, 6.45) is 2.07. The summed E-state index contributed by atoms with van der Waals surface area (Å²) < 4.78 is 9.55. The van der Waals surface area contributed by atoms with Crippen molar-refractivity contribution in [3.63, 3.8) is 0 Å². The normalized spacial score (nSPS) is 13.3. The number of carbonyl (C=O) groups excluding carboxylic acids is 7. The van der Waals surface area contributed by atoms with Crippen LogP contribution in [0.5, 0.6) is 0 Å². The first-order valence-corrected chi connectivity index (χ1v) is 14.8. The third-order valence-corrected chi connectivity index (χ3v) is 7.94. The van der Waals surface area contributed by atoms with E-state index >= 15 is 0 Å². The van der Waals surface area contributed by atoms with E-state index in [-0.39, 0.29) is 61.3 Å². The summed E-state index contributed by atoms with van der Waals surface area (Å²) in [7, 11) is 2.71. The third kappa shape index (κ3) is 7.19. The highest BCUT2D eigenvalue weighted by molar-refractivity contribution is 8.04. The molecule has 46 heavy (non-hydrogen) atoms. The zero-order valence-electron chi connectivity index (χ0n) is 23.7. The highest BCUT2D eigenvalue weighted by Crippen LogP contribution is 2.31. The van der Waals surface area contributed by atoms with Gasteiger partial charge in [0.15, 0.2) is 11.4 Å². The van der Waals surface area contributed by atoms with E-state index in [0.717, 1.165) is 23.9 Å². The van der Waals surface area contributed by atoms with E-state index in [0.29, 0.717) is 17.4 Å². The number of allylic oxidation sites excluding steroid dienone is 4. The van der Waals surface area contributed by atoms with E-state index in [1.807, 2.05) is 6.07 Å². The molecule has 16 nitrogen and oxygen atoms in total. The first-order valence-electron chi connectivity index (χ1n) is 12.8. The fourth-order valence-electron chi connectivity index (χ4n) is 3.85. The van der Waals surface area contributed by atoms with Crippen LogP contribution in [0.25, 0.3) is 0 Å². The molecule has 2 aromatic heterocycles. The van der Waals surface area contributed by atoms with Gasteiger partial charge in [-0.05, 0) is 12.1 Å². The van der Waals surface area contributed by atoms with Crippen LogP contribution in [0.1, 0.15) is 62.8 Å². The summed E-state index contributed by atoms with van der Waals surface area (Å²) in [5.41, 5.74) is -0.322. The van der Waals surface area contributed by atoms with Gasteiger partial charge in [-0.25, -0.2) is 0 Å². The SMILES string of the molecule is CNC(=O)c1noc2c1C(=O)C(SCC(=O)Nc1ccccc1)=CC2=O.CNC(=O)c1noc2c1C(=O)C(SCC(=O)O)=CC2=O. The summed E-state index contributed by atoms with van der Waals surface area (Å²) in [6.45, 7) is 0. The second-order valence-corrected chi connectivity index (χ2v) is 11.0. The predicted octanol–water partition coefficient (Wildman–Crippen LogP) is 1.78. The van der Waals surface area contributed by atoms with E-state index < -0.39 is 40.9 Å². The van der Waals surface area contributed by atoms with Gasteiger partial charge in [0, 0.05) is 31.9 Å². The van der Waals surface area contributed by atoms with Gasteiger partial charge in [-0.2, -0.15) is 0 Å². The minimum absolute atomic E-state index is 0.0547. The molecule has 0 saturated carbocycles. The van der Waals surface area contributed by atoms with Crippen LogP contribution in [0.15, 0.2) is 61.3 Å². The van der Waals surface area contributed by atoms with Gasteiger partial charge in [0.25, 0.3) is 11.8 Å². The van der Waals surface area contributed by atoms with Gasteiger partial charge in [-0.1, -0.05) is 28.5 Å². The van der Waals surface area contributed by atoms with Gasteiger partial charge in [-0.3, -0.25) is 38.4 Å². The molecule has 2 aliphatic rings. The summed E-state index contributed by atoms with van der Waals surface area (Å²) in [5.74, 6) is -6.21. The fourth-order valence-corrected chi connectivity index (χ4v) is 5.33. The molecule has 0 spiro atoms. The molecule has 18 heteroatoms. The van der Waals surface area contributed by atoms with Crippen LogP contribution >= 0.6 is 23.5 Å². The standard InChI is InChI=1S/C17H13N3O5S.C11H8N2O6S/c1-18-17(24)14-13-15(23)11(7-10(21)16(13)25-20-14)26-8-12(22)19-9-5-3-2-4-6-9;1-12-11(18)8-7-9(17)5(20-3-6(15)16)2-4(14)10(7)19-13-8/h2-7H,8H2,1H3,(H,18,24)(H,19,22);2H,3H2,1H3,(H,12,18)(H,15,16). The summed E-state index contributed by atoms with van der Waals surface area (Å²) in [4.78, 5) is 94.5. The van der Waals surface area contributed by atoms with Crippen molar-refractivity contribution in [3.8, 4) is 0 Å². The number of anilines is 1. The number of aliphatic carboxylic acids is 1. The number of Topliss-reactive ketones (excluding diaryl/α,β-unsaturated/α-hetero) is 2. The average Bonchev–Trinajstić information content (AvgIpc) is 3.70. The molecular weight excluding hydrogens is 646 g/mol. The van der Waals surface area contributed by atoms with Gasteiger partial charge in [0.2, 0.25) is 40.6 Å². The van der Waals surface area contributed by atoms with Crippen LogP contribution in [0.4, 0.5) is 5.69 Å². The van der Waals surface area contributed by atoms with Gasteiger partial charge in [-0.15, -0.1) is 23.5 Å². The number of carboxylic acids is 1. The molecule has 2 heterocycles. The first-order chi connectivity index (χ1) is 22.0. The Hall–Kier alpha value is -5.62. The highest BCUT2D eigenvalue weighted by atomic mass is 32.2. The number of fused-ring (bicyclic) bond motifs is 2. The molecule has 4 N–H and O–H groups in total. The van der Waals surface area contributed by atoms with Crippen molar-refractivity contribution >= 4 is 76.0 Å². The largest absolute Gasteiger partial charge is 0.481 e. The van der Waals surface area contributed by atoms with Crippen LogP contribution in [0, 0.1) is 0 Å². The molecule has 0 unspecified atom stereocenters. The van der Waals surface area contributed by atoms with Gasteiger partial charge < -0.3 is 30.1 Å². The van der Waals surface area contributed by atoms with Crippen molar-refractivity contribution in [1.82, 2.24) is 20.9 Å². The Morgan fingerprint density at radius 2 is 1.20 bits per heavy atom. The maximum atomic E-state index is 12.6. The molecule has 0 radical (unpaired) electrons. The molecule has 1 aromatic carbocycles. The van der Waals surface area contributed by atoms with Crippen molar-refractivity contribution < 1.29 is 52.5 Å². The Balaban J connectivity index is 0.000000216. The number of aromatic nitrogens is 2.